The quantitative estimate of drug-likeness (QED) is 0.696. The molecule has 0 saturated heterocycles. The third kappa shape index (κ3) is 4.98. The van der Waals surface area contributed by atoms with Gasteiger partial charge in [0.2, 0.25) is 0 Å². The molecule has 3 heteroatoms. The van der Waals surface area contributed by atoms with Crippen LogP contribution in [0.5, 0.6) is 0 Å². The van der Waals surface area contributed by atoms with Crippen LogP contribution in [-0.2, 0) is 13.5 Å². The first kappa shape index (κ1) is 12.2. The van der Waals surface area contributed by atoms with E-state index >= 15 is 0 Å². The lowest BCUT2D eigenvalue weighted by molar-refractivity contribution is 0.526. The van der Waals surface area contributed by atoms with Crippen molar-refractivity contribution >= 4 is 0 Å². The monoisotopic (exact) mass is 209 g/mol. The molecule has 1 rings (SSSR count). The summed E-state index contributed by atoms with van der Waals surface area (Å²) in [5, 5.41) is 7.61. The standard InChI is InChI=1S/C12H23N3/c1-11(2)5-4-8-13-9-6-12-7-10-14-15(12)3/h7,10-11,13H,4-6,8-9H2,1-3H3. The first-order chi connectivity index (χ1) is 7.20. The maximum Gasteiger partial charge on any atom is 0.0492 e. The highest BCUT2D eigenvalue weighted by molar-refractivity contribution is 5.00. The molecule has 0 bridgehead atoms. The average molecular weight is 209 g/mol. The van der Waals surface area contributed by atoms with Gasteiger partial charge in [0.25, 0.3) is 0 Å². The largest absolute Gasteiger partial charge is 0.316 e. The molecule has 0 aliphatic rings. The molecule has 0 aliphatic carbocycles. The summed E-state index contributed by atoms with van der Waals surface area (Å²) in [5.74, 6) is 0.823. The van der Waals surface area contributed by atoms with Crippen LogP contribution in [-0.4, -0.2) is 22.9 Å². The minimum absolute atomic E-state index is 0.823. The van der Waals surface area contributed by atoms with E-state index in [0.717, 1.165) is 25.4 Å². The number of hydrogen-bond acceptors (Lipinski definition) is 2. The number of aryl methyl sites for hydroxylation is 1. The van der Waals surface area contributed by atoms with Crippen molar-refractivity contribution in [3.05, 3.63) is 18.0 Å². The van der Waals surface area contributed by atoms with Gasteiger partial charge in [-0.15, -0.1) is 0 Å². The van der Waals surface area contributed by atoms with Crippen molar-refractivity contribution in [2.24, 2.45) is 13.0 Å². The lowest BCUT2D eigenvalue weighted by Crippen LogP contribution is -2.19. The highest BCUT2D eigenvalue weighted by Gasteiger charge is 1.97. The predicted molar refractivity (Wildman–Crippen MR) is 63.9 cm³/mol. The number of nitrogens with zero attached hydrogens (tertiary/aromatic N) is 2. The van der Waals surface area contributed by atoms with Crippen molar-refractivity contribution in [1.82, 2.24) is 15.1 Å². The molecule has 1 aromatic heterocycles. The van der Waals surface area contributed by atoms with Crippen LogP contribution >= 0.6 is 0 Å². The van der Waals surface area contributed by atoms with Crippen molar-refractivity contribution in [2.75, 3.05) is 13.1 Å². The van der Waals surface area contributed by atoms with E-state index in [0.29, 0.717) is 0 Å². The summed E-state index contributed by atoms with van der Waals surface area (Å²) in [6, 6.07) is 2.08. The van der Waals surface area contributed by atoms with Gasteiger partial charge in [-0.3, -0.25) is 4.68 Å². The minimum Gasteiger partial charge on any atom is -0.316 e. The second-order valence-electron chi connectivity index (χ2n) is 4.48. The molecular formula is C12H23N3. The normalized spacial score (nSPS) is 11.2. The molecule has 0 fully saturated rings. The van der Waals surface area contributed by atoms with E-state index < -0.39 is 0 Å². The number of hydrogen-bond donors (Lipinski definition) is 1. The molecule has 0 aromatic carbocycles. The van der Waals surface area contributed by atoms with Crippen LogP contribution in [0.1, 0.15) is 32.4 Å². The van der Waals surface area contributed by atoms with E-state index in [4.69, 9.17) is 0 Å². The second-order valence-corrected chi connectivity index (χ2v) is 4.48. The summed E-state index contributed by atoms with van der Waals surface area (Å²) >= 11 is 0. The van der Waals surface area contributed by atoms with Crippen molar-refractivity contribution in [2.45, 2.75) is 33.1 Å². The highest BCUT2D eigenvalue weighted by Crippen LogP contribution is 2.01. The third-order valence-corrected chi connectivity index (χ3v) is 2.62. The summed E-state index contributed by atoms with van der Waals surface area (Å²) < 4.78 is 1.94. The predicted octanol–water partition coefficient (Wildman–Crippen LogP) is 1.99. The van der Waals surface area contributed by atoms with Gasteiger partial charge in [-0.1, -0.05) is 13.8 Å². The Kier molecular flexibility index (Phi) is 5.40. The van der Waals surface area contributed by atoms with Gasteiger partial charge in [0.1, 0.15) is 0 Å². The van der Waals surface area contributed by atoms with E-state index in [9.17, 15) is 0 Å². The van der Waals surface area contributed by atoms with Crippen molar-refractivity contribution in [3.63, 3.8) is 0 Å². The lowest BCUT2D eigenvalue weighted by Gasteiger charge is -2.06. The fraction of sp³-hybridized carbons (Fsp3) is 0.750. The molecule has 0 atom stereocenters. The molecule has 0 saturated carbocycles. The van der Waals surface area contributed by atoms with Gasteiger partial charge in [0.05, 0.1) is 0 Å². The first-order valence-electron chi connectivity index (χ1n) is 5.87. The first-order valence-corrected chi connectivity index (χ1v) is 5.87. The van der Waals surface area contributed by atoms with Gasteiger partial charge in [-0.2, -0.15) is 5.10 Å². The van der Waals surface area contributed by atoms with Crippen LogP contribution in [0.25, 0.3) is 0 Å². The summed E-state index contributed by atoms with van der Waals surface area (Å²) in [5.41, 5.74) is 1.30. The number of rotatable bonds is 7. The lowest BCUT2D eigenvalue weighted by atomic mass is 10.1. The van der Waals surface area contributed by atoms with Crippen molar-refractivity contribution in [1.29, 1.82) is 0 Å². The van der Waals surface area contributed by atoms with E-state index in [1.165, 1.54) is 18.5 Å². The third-order valence-electron chi connectivity index (χ3n) is 2.62. The van der Waals surface area contributed by atoms with Crippen LogP contribution in [0, 0.1) is 5.92 Å². The Morgan fingerprint density at radius 3 is 2.80 bits per heavy atom. The summed E-state index contributed by atoms with van der Waals surface area (Å²) in [4.78, 5) is 0. The highest BCUT2D eigenvalue weighted by atomic mass is 15.3. The molecule has 15 heavy (non-hydrogen) atoms. The Balaban J connectivity index is 2.00. The SMILES string of the molecule is CC(C)CCCNCCc1ccnn1C. The summed E-state index contributed by atoms with van der Waals surface area (Å²) in [6.45, 7) is 6.74. The van der Waals surface area contributed by atoms with Gasteiger partial charge in [-0.05, 0) is 31.4 Å². The molecule has 0 amide bonds. The maximum absolute atomic E-state index is 4.14. The molecule has 0 spiro atoms. The molecule has 0 unspecified atom stereocenters. The van der Waals surface area contributed by atoms with Crippen molar-refractivity contribution in [3.8, 4) is 0 Å². The molecule has 0 aliphatic heterocycles. The molecule has 0 radical (unpaired) electrons. The molecule has 1 heterocycles. The van der Waals surface area contributed by atoms with Gasteiger partial charge in [0, 0.05) is 31.9 Å². The second kappa shape index (κ2) is 6.62. The zero-order valence-electron chi connectivity index (χ0n) is 10.2. The Morgan fingerprint density at radius 2 is 2.20 bits per heavy atom. The number of nitrogens with one attached hydrogen (secondary N) is 1. The average Bonchev–Trinajstić information content (AvgIpc) is 2.57. The Labute approximate surface area is 92.9 Å². The molecule has 3 nitrogen and oxygen atoms in total. The maximum atomic E-state index is 4.14. The summed E-state index contributed by atoms with van der Waals surface area (Å²) in [6.07, 6.45) is 5.52. The van der Waals surface area contributed by atoms with E-state index in [2.05, 4.69) is 30.3 Å². The minimum atomic E-state index is 0.823. The zero-order chi connectivity index (χ0) is 11.1. The van der Waals surface area contributed by atoms with Gasteiger partial charge >= 0.3 is 0 Å². The van der Waals surface area contributed by atoms with Gasteiger partial charge < -0.3 is 5.32 Å². The fourth-order valence-corrected chi connectivity index (χ4v) is 1.62. The van der Waals surface area contributed by atoms with E-state index in [1.807, 2.05) is 17.9 Å². The summed E-state index contributed by atoms with van der Waals surface area (Å²) in [7, 11) is 1.99. The van der Waals surface area contributed by atoms with E-state index in [-0.39, 0.29) is 0 Å². The molecule has 86 valence electrons. The van der Waals surface area contributed by atoms with Crippen molar-refractivity contribution < 1.29 is 0 Å². The fourth-order valence-electron chi connectivity index (χ4n) is 1.62. The Bertz CT molecular complexity index is 266. The van der Waals surface area contributed by atoms with Crippen LogP contribution in [0.2, 0.25) is 0 Å². The van der Waals surface area contributed by atoms with Crippen LogP contribution < -0.4 is 5.32 Å². The molecule has 1 aromatic rings. The van der Waals surface area contributed by atoms with Crippen LogP contribution in [0.4, 0.5) is 0 Å². The zero-order valence-corrected chi connectivity index (χ0v) is 10.2. The smallest absolute Gasteiger partial charge is 0.0492 e. The Hall–Kier alpha value is -0.830. The van der Waals surface area contributed by atoms with Crippen LogP contribution in [0.3, 0.4) is 0 Å². The Morgan fingerprint density at radius 1 is 1.40 bits per heavy atom. The van der Waals surface area contributed by atoms with Gasteiger partial charge in [0.15, 0.2) is 0 Å². The number of aromatic nitrogens is 2. The van der Waals surface area contributed by atoms with E-state index in [1.54, 1.807) is 0 Å². The van der Waals surface area contributed by atoms with Gasteiger partial charge in [-0.25, -0.2) is 0 Å². The molecular weight excluding hydrogens is 186 g/mol. The molecule has 1 N–H and O–H groups in total. The van der Waals surface area contributed by atoms with Crippen LogP contribution in [0.15, 0.2) is 12.3 Å². The topological polar surface area (TPSA) is 29.9 Å².